The number of fused-ring (bicyclic) bond motifs is 1. The molecule has 206 valence electrons. The molecular weight excluding hydrogens is 610 g/mol. The van der Waals surface area contributed by atoms with Gasteiger partial charge in [0.25, 0.3) is 11.8 Å². The van der Waals surface area contributed by atoms with Crippen molar-refractivity contribution < 1.29 is 28.6 Å². The molecule has 0 aliphatic carbocycles. The quantitative estimate of drug-likeness (QED) is 0.0823. The van der Waals surface area contributed by atoms with Gasteiger partial charge in [-0.25, -0.2) is 9.69 Å². The standard InChI is InChI=1S/C32H23BrClNO6/c1-2-39-28-18-20(17-26(33)30(28)40-19-21-7-3-6-10-27(21)34)11-16-29(36)41-23-14-12-22(13-15-23)35-31(37)24-8-4-5-9-25(24)32(35)38/h3-18H,2,19H2,1H3/b16-11+. The van der Waals surface area contributed by atoms with E-state index in [1.165, 1.54) is 18.2 Å². The molecule has 0 saturated carbocycles. The maximum atomic E-state index is 12.7. The van der Waals surface area contributed by atoms with Crippen molar-refractivity contribution in [3.8, 4) is 17.2 Å². The Morgan fingerprint density at radius 2 is 1.56 bits per heavy atom. The van der Waals surface area contributed by atoms with E-state index in [9.17, 15) is 14.4 Å². The van der Waals surface area contributed by atoms with Crippen LogP contribution >= 0.6 is 27.5 Å². The molecule has 0 radical (unpaired) electrons. The number of hydrogen-bond acceptors (Lipinski definition) is 6. The van der Waals surface area contributed by atoms with Gasteiger partial charge in [0, 0.05) is 16.7 Å². The number of hydrogen-bond donors (Lipinski definition) is 0. The molecule has 0 unspecified atom stereocenters. The monoisotopic (exact) mass is 631 g/mol. The van der Waals surface area contributed by atoms with Gasteiger partial charge in [0.1, 0.15) is 12.4 Å². The summed E-state index contributed by atoms with van der Waals surface area (Å²) in [6.45, 7) is 2.54. The predicted octanol–water partition coefficient (Wildman–Crippen LogP) is 7.50. The second-order valence-corrected chi connectivity index (χ2v) is 10.1. The molecule has 1 aliphatic heterocycles. The van der Waals surface area contributed by atoms with Crippen molar-refractivity contribution in [1.82, 2.24) is 0 Å². The van der Waals surface area contributed by atoms with E-state index in [1.807, 2.05) is 25.1 Å². The van der Waals surface area contributed by atoms with Crippen molar-refractivity contribution >= 4 is 57.1 Å². The zero-order valence-corrected chi connectivity index (χ0v) is 24.1. The number of benzene rings is 4. The number of halogens is 2. The molecule has 2 amide bonds. The Labute approximate surface area is 250 Å². The van der Waals surface area contributed by atoms with Gasteiger partial charge in [0.15, 0.2) is 11.5 Å². The van der Waals surface area contributed by atoms with Crippen LogP contribution in [0.2, 0.25) is 5.02 Å². The van der Waals surface area contributed by atoms with Gasteiger partial charge in [0.2, 0.25) is 0 Å². The Bertz CT molecular complexity index is 1630. The number of anilines is 1. The van der Waals surface area contributed by atoms with Gasteiger partial charge >= 0.3 is 5.97 Å². The predicted molar refractivity (Wildman–Crippen MR) is 160 cm³/mol. The Morgan fingerprint density at radius 3 is 2.22 bits per heavy atom. The number of imide groups is 1. The lowest BCUT2D eigenvalue weighted by atomic mass is 10.1. The van der Waals surface area contributed by atoms with E-state index < -0.39 is 17.8 Å². The minimum absolute atomic E-state index is 0.256. The van der Waals surface area contributed by atoms with Crippen LogP contribution in [0.4, 0.5) is 5.69 Å². The third-order valence-electron chi connectivity index (χ3n) is 6.18. The number of rotatable bonds is 9. The number of ether oxygens (including phenoxy) is 3. The molecule has 7 nitrogen and oxygen atoms in total. The SMILES string of the molecule is CCOc1cc(/C=C/C(=O)Oc2ccc(N3C(=O)c4ccccc4C3=O)cc2)cc(Br)c1OCc1ccccc1Cl. The normalized spacial score (nSPS) is 12.5. The summed E-state index contributed by atoms with van der Waals surface area (Å²) in [4.78, 5) is 39.0. The zero-order chi connectivity index (χ0) is 28.9. The summed E-state index contributed by atoms with van der Waals surface area (Å²) < 4.78 is 17.8. The van der Waals surface area contributed by atoms with Crippen LogP contribution in [0.5, 0.6) is 17.2 Å². The van der Waals surface area contributed by atoms with Crippen molar-refractivity contribution in [2.45, 2.75) is 13.5 Å². The van der Waals surface area contributed by atoms with Crippen molar-refractivity contribution in [3.05, 3.63) is 123 Å². The number of carbonyl (C=O) groups is 3. The van der Waals surface area contributed by atoms with Gasteiger partial charge in [-0.1, -0.05) is 41.9 Å². The minimum atomic E-state index is -0.605. The first kappa shape index (κ1) is 28.1. The summed E-state index contributed by atoms with van der Waals surface area (Å²) in [5.74, 6) is -0.103. The van der Waals surface area contributed by atoms with Crippen LogP contribution < -0.4 is 19.1 Å². The first-order valence-corrected chi connectivity index (χ1v) is 13.8. The smallest absolute Gasteiger partial charge is 0.336 e. The molecule has 0 fully saturated rings. The highest BCUT2D eigenvalue weighted by molar-refractivity contribution is 9.10. The van der Waals surface area contributed by atoms with E-state index in [4.69, 9.17) is 25.8 Å². The Kier molecular flexibility index (Phi) is 8.52. The van der Waals surface area contributed by atoms with Gasteiger partial charge in [-0.05, 0) is 89.1 Å². The van der Waals surface area contributed by atoms with E-state index in [-0.39, 0.29) is 12.4 Å². The first-order valence-electron chi connectivity index (χ1n) is 12.7. The van der Waals surface area contributed by atoms with E-state index >= 15 is 0 Å². The molecule has 0 bridgehead atoms. The lowest BCUT2D eigenvalue weighted by Crippen LogP contribution is -2.29. The largest absolute Gasteiger partial charge is 0.490 e. The number of carbonyl (C=O) groups excluding carboxylic acids is 3. The Morgan fingerprint density at radius 1 is 0.902 bits per heavy atom. The van der Waals surface area contributed by atoms with E-state index in [1.54, 1.807) is 60.7 Å². The summed E-state index contributed by atoms with van der Waals surface area (Å²) >= 11 is 9.78. The summed E-state index contributed by atoms with van der Waals surface area (Å²) in [5, 5.41) is 0.609. The second kappa shape index (κ2) is 12.4. The Hall–Kier alpha value is -4.40. The average molecular weight is 633 g/mol. The highest BCUT2D eigenvalue weighted by Crippen LogP contribution is 2.38. The number of nitrogens with zero attached hydrogens (tertiary/aromatic N) is 1. The topological polar surface area (TPSA) is 82.1 Å². The fourth-order valence-electron chi connectivity index (χ4n) is 4.25. The van der Waals surface area contributed by atoms with Crippen molar-refractivity contribution in [3.63, 3.8) is 0 Å². The molecule has 4 aromatic carbocycles. The van der Waals surface area contributed by atoms with Gasteiger partial charge in [-0.2, -0.15) is 0 Å². The van der Waals surface area contributed by atoms with Gasteiger partial charge in [-0.15, -0.1) is 0 Å². The zero-order valence-electron chi connectivity index (χ0n) is 21.8. The maximum Gasteiger partial charge on any atom is 0.336 e. The van der Waals surface area contributed by atoms with Crippen molar-refractivity contribution in [2.75, 3.05) is 11.5 Å². The van der Waals surface area contributed by atoms with Crippen LogP contribution in [-0.2, 0) is 11.4 Å². The Balaban J connectivity index is 1.25. The molecule has 0 atom stereocenters. The molecule has 0 N–H and O–H groups in total. The third-order valence-corrected chi connectivity index (χ3v) is 7.14. The van der Waals surface area contributed by atoms with Gasteiger partial charge in [0.05, 0.1) is 27.9 Å². The third kappa shape index (κ3) is 6.19. The van der Waals surface area contributed by atoms with Crippen LogP contribution in [0.1, 0.15) is 38.8 Å². The summed E-state index contributed by atoms with van der Waals surface area (Å²) in [5.41, 5.74) is 2.63. The lowest BCUT2D eigenvalue weighted by molar-refractivity contribution is -0.128. The fourth-order valence-corrected chi connectivity index (χ4v) is 5.02. The minimum Gasteiger partial charge on any atom is -0.490 e. The van der Waals surface area contributed by atoms with E-state index in [0.29, 0.717) is 50.0 Å². The number of amides is 2. The molecule has 4 aromatic rings. The molecule has 41 heavy (non-hydrogen) atoms. The van der Waals surface area contributed by atoms with Crippen molar-refractivity contribution in [1.29, 1.82) is 0 Å². The molecule has 9 heteroatoms. The molecule has 0 aromatic heterocycles. The van der Waals surface area contributed by atoms with Crippen LogP contribution in [-0.4, -0.2) is 24.4 Å². The maximum absolute atomic E-state index is 12.7. The van der Waals surface area contributed by atoms with Gasteiger partial charge in [-0.3, -0.25) is 9.59 Å². The molecule has 0 saturated heterocycles. The van der Waals surface area contributed by atoms with Gasteiger partial charge < -0.3 is 14.2 Å². The van der Waals surface area contributed by atoms with Crippen LogP contribution in [0, 0.1) is 0 Å². The number of esters is 1. The van der Waals surface area contributed by atoms with Crippen LogP contribution in [0.25, 0.3) is 6.08 Å². The first-order chi connectivity index (χ1) is 19.9. The van der Waals surface area contributed by atoms with Crippen LogP contribution in [0.15, 0.2) is 95.5 Å². The molecule has 5 rings (SSSR count). The molecule has 0 spiro atoms. The van der Waals surface area contributed by atoms with E-state index in [0.717, 1.165) is 10.5 Å². The average Bonchev–Trinajstić information content (AvgIpc) is 3.22. The lowest BCUT2D eigenvalue weighted by Gasteiger charge is -2.15. The van der Waals surface area contributed by atoms with Crippen LogP contribution in [0.3, 0.4) is 0 Å². The summed E-state index contributed by atoms with van der Waals surface area (Å²) in [7, 11) is 0. The molecule has 1 aliphatic rings. The highest BCUT2D eigenvalue weighted by atomic mass is 79.9. The summed E-state index contributed by atoms with van der Waals surface area (Å²) in [6.07, 6.45) is 2.89. The van der Waals surface area contributed by atoms with E-state index in [2.05, 4.69) is 15.9 Å². The molecular formula is C32H23BrClNO6. The highest BCUT2D eigenvalue weighted by Gasteiger charge is 2.36. The second-order valence-electron chi connectivity index (χ2n) is 8.88. The fraction of sp³-hybridized carbons (Fsp3) is 0.0938. The van der Waals surface area contributed by atoms with Crippen molar-refractivity contribution in [2.24, 2.45) is 0 Å². The molecule has 1 heterocycles. The summed E-state index contributed by atoms with van der Waals surface area (Å²) in [6, 6.07) is 23.8.